The van der Waals surface area contributed by atoms with Crippen LogP contribution < -0.4 is 14.4 Å². The molecule has 1 N–H and O–H groups in total. The van der Waals surface area contributed by atoms with E-state index in [4.69, 9.17) is 27.9 Å². The maximum absolute atomic E-state index is 13.9. The number of anilines is 1. The molecule has 0 aliphatic carbocycles. The molecule has 3 aromatic rings. The molecule has 0 saturated heterocycles. The Labute approximate surface area is 250 Å². The number of benzene rings is 3. The van der Waals surface area contributed by atoms with Crippen molar-refractivity contribution in [1.29, 1.82) is 0 Å². The summed E-state index contributed by atoms with van der Waals surface area (Å²) in [4.78, 5) is 28.0. The average Bonchev–Trinajstić information content (AvgIpc) is 2.91. The molecule has 3 rings (SSSR count). The van der Waals surface area contributed by atoms with Gasteiger partial charge in [-0.3, -0.25) is 13.9 Å². The summed E-state index contributed by atoms with van der Waals surface area (Å²) in [5, 5.41) is 3.45. The van der Waals surface area contributed by atoms with Gasteiger partial charge in [-0.2, -0.15) is 0 Å². The quantitative estimate of drug-likeness (QED) is 0.280. The summed E-state index contributed by atoms with van der Waals surface area (Å²) in [7, 11) is -4.32. The molecule has 0 unspecified atom stereocenters. The van der Waals surface area contributed by atoms with Gasteiger partial charge in [0.05, 0.1) is 17.2 Å². The van der Waals surface area contributed by atoms with Crippen LogP contribution in [0.15, 0.2) is 71.6 Å². The van der Waals surface area contributed by atoms with Gasteiger partial charge in [0.15, 0.2) is 0 Å². The van der Waals surface area contributed by atoms with Gasteiger partial charge in [0, 0.05) is 22.6 Å². The molecule has 0 aliphatic heterocycles. The number of sulfonamides is 1. The number of nitrogens with one attached hydrogen (secondary N) is 1. The highest BCUT2D eigenvalue weighted by Gasteiger charge is 2.33. The van der Waals surface area contributed by atoms with Crippen LogP contribution >= 0.6 is 23.2 Å². The van der Waals surface area contributed by atoms with E-state index >= 15 is 0 Å². The highest BCUT2D eigenvalue weighted by atomic mass is 35.5. The van der Waals surface area contributed by atoms with Gasteiger partial charge in [-0.05, 0) is 93.9 Å². The first kappa shape index (κ1) is 32.2. The van der Waals surface area contributed by atoms with Gasteiger partial charge in [-0.1, -0.05) is 29.3 Å². The Kier molecular flexibility index (Phi) is 11.0. The van der Waals surface area contributed by atoms with Gasteiger partial charge in [0.25, 0.3) is 10.0 Å². The number of carbonyl (C=O) groups is 2. The zero-order valence-electron chi connectivity index (χ0n) is 23.1. The van der Waals surface area contributed by atoms with Gasteiger partial charge in [-0.15, -0.1) is 0 Å². The van der Waals surface area contributed by atoms with Crippen LogP contribution in [0.3, 0.4) is 0 Å². The number of nitrogens with zero attached hydrogens (tertiary/aromatic N) is 2. The molecule has 220 valence electrons. The van der Waals surface area contributed by atoms with E-state index in [1.54, 1.807) is 39.8 Å². The van der Waals surface area contributed by atoms with Crippen molar-refractivity contribution in [2.45, 2.75) is 51.2 Å². The number of amides is 2. The minimum atomic E-state index is -4.32. The van der Waals surface area contributed by atoms with Gasteiger partial charge in [0.2, 0.25) is 11.8 Å². The van der Waals surface area contributed by atoms with E-state index < -0.39 is 40.2 Å². The number of rotatable bonds is 12. The molecule has 12 heteroatoms. The number of halogens is 3. The Balaban J connectivity index is 2.04. The average molecular weight is 625 g/mol. The van der Waals surface area contributed by atoms with E-state index in [0.29, 0.717) is 22.9 Å². The lowest BCUT2D eigenvalue weighted by atomic mass is 10.1. The van der Waals surface area contributed by atoms with Crippen molar-refractivity contribution in [3.8, 4) is 5.75 Å². The third-order valence-corrected chi connectivity index (χ3v) is 8.45. The van der Waals surface area contributed by atoms with E-state index in [0.717, 1.165) is 16.4 Å². The van der Waals surface area contributed by atoms with Crippen LogP contribution in [0.5, 0.6) is 5.75 Å². The Morgan fingerprint density at radius 1 is 0.976 bits per heavy atom. The number of ether oxygens (including phenoxy) is 1. The molecule has 0 spiro atoms. The summed E-state index contributed by atoms with van der Waals surface area (Å²) < 4.78 is 47.8. The summed E-state index contributed by atoms with van der Waals surface area (Å²) in [6.07, 6.45) is 0. The maximum Gasteiger partial charge on any atom is 0.264 e. The van der Waals surface area contributed by atoms with E-state index in [1.165, 1.54) is 47.4 Å². The topological polar surface area (TPSA) is 96.0 Å². The summed E-state index contributed by atoms with van der Waals surface area (Å²) in [5.41, 5.74) is 0.578. The molecular formula is C29H32Cl2FN3O5S. The van der Waals surface area contributed by atoms with Gasteiger partial charge in [0.1, 0.15) is 24.2 Å². The molecule has 0 bridgehead atoms. The highest BCUT2D eigenvalue weighted by Crippen LogP contribution is 2.27. The number of carbonyl (C=O) groups excluding carboxylic acids is 2. The van der Waals surface area contributed by atoms with Crippen molar-refractivity contribution in [1.82, 2.24) is 10.2 Å². The van der Waals surface area contributed by atoms with Crippen molar-refractivity contribution in [3.63, 3.8) is 0 Å². The SMILES string of the molecule is CCOc1ccc(S(=O)(=O)N(CC(=O)N(Cc2ccc(Cl)cc2Cl)[C@H](C)C(=O)NC(C)C)c2ccc(F)cc2)cc1. The molecule has 0 aliphatic rings. The predicted molar refractivity (Wildman–Crippen MR) is 158 cm³/mol. The molecule has 0 radical (unpaired) electrons. The molecule has 0 aromatic heterocycles. The van der Waals surface area contributed by atoms with Crippen molar-refractivity contribution in [2.75, 3.05) is 17.5 Å². The van der Waals surface area contributed by atoms with Crippen molar-refractivity contribution in [3.05, 3.63) is 88.2 Å². The largest absolute Gasteiger partial charge is 0.494 e. The Morgan fingerprint density at radius 2 is 1.61 bits per heavy atom. The molecule has 8 nitrogen and oxygen atoms in total. The molecule has 2 amide bonds. The summed E-state index contributed by atoms with van der Waals surface area (Å²) in [6, 6.07) is 14.1. The van der Waals surface area contributed by atoms with Crippen LogP contribution in [0.25, 0.3) is 0 Å². The summed E-state index contributed by atoms with van der Waals surface area (Å²) in [6.45, 7) is 6.55. The van der Waals surface area contributed by atoms with Crippen LogP contribution in [0.1, 0.15) is 33.3 Å². The van der Waals surface area contributed by atoms with Crippen molar-refractivity contribution in [2.24, 2.45) is 0 Å². The van der Waals surface area contributed by atoms with E-state index in [9.17, 15) is 22.4 Å². The molecule has 1 atom stereocenters. The normalized spacial score (nSPS) is 12.1. The van der Waals surface area contributed by atoms with Crippen LogP contribution in [0.2, 0.25) is 10.0 Å². The van der Waals surface area contributed by atoms with Crippen LogP contribution in [0, 0.1) is 5.82 Å². The Morgan fingerprint density at radius 3 is 2.17 bits per heavy atom. The lowest BCUT2D eigenvalue weighted by Gasteiger charge is -2.32. The summed E-state index contributed by atoms with van der Waals surface area (Å²) >= 11 is 12.4. The second kappa shape index (κ2) is 14.0. The third-order valence-electron chi connectivity index (χ3n) is 6.07. The standard InChI is InChI=1S/C29H32Cl2FN3O5S/c1-5-40-25-12-14-26(15-13-25)41(38,39)35(24-10-8-23(32)9-11-24)18-28(36)34(20(4)29(37)33-19(2)3)17-21-6-7-22(30)16-27(21)31/h6-16,19-20H,5,17-18H2,1-4H3,(H,33,37)/t20-/m1/s1. The fourth-order valence-corrected chi connectivity index (χ4v) is 5.84. The first-order chi connectivity index (χ1) is 19.3. The minimum Gasteiger partial charge on any atom is -0.494 e. The summed E-state index contributed by atoms with van der Waals surface area (Å²) in [5.74, 6) is -1.20. The Hall–Kier alpha value is -3.34. The molecule has 0 saturated carbocycles. The number of hydrogen-bond acceptors (Lipinski definition) is 5. The van der Waals surface area contributed by atoms with Crippen LogP contribution in [0.4, 0.5) is 10.1 Å². The monoisotopic (exact) mass is 623 g/mol. The van der Waals surface area contributed by atoms with E-state index in [2.05, 4.69) is 5.32 Å². The second-order valence-corrected chi connectivity index (χ2v) is 12.2. The molecule has 3 aromatic carbocycles. The van der Waals surface area contributed by atoms with Crippen LogP contribution in [-0.4, -0.2) is 50.4 Å². The lowest BCUT2D eigenvalue weighted by molar-refractivity contribution is -0.139. The minimum absolute atomic E-state index is 0.0670. The van der Waals surface area contributed by atoms with Gasteiger partial charge >= 0.3 is 0 Å². The van der Waals surface area contributed by atoms with E-state index in [-0.39, 0.29) is 28.2 Å². The maximum atomic E-state index is 13.9. The van der Waals surface area contributed by atoms with Crippen molar-refractivity contribution >= 4 is 50.7 Å². The molecular weight excluding hydrogens is 592 g/mol. The van der Waals surface area contributed by atoms with Gasteiger partial charge < -0.3 is 15.0 Å². The zero-order valence-corrected chi connectivity index (χ0v) is 25.4. The fourth-order valence-electron chi connectivity index (χ4n) is 3.96. The van der Waals surface area contributed by atoms with Crippen LogP contribution in [-0.2, 0) is 26.2 Å². The highest BCUT2D eigenvalue weighted by molar-refractivity contribution is 7.92. The third kappa shape index (κ3) is 8.34. The molecule has 41 heavy (non-hydrogen) atoms. The van der Waals surface area contributed by atoms with Crippen molar-refractivity contribution < 1.29 is 27.1 Å². The Bertz CT molecular complexity index is 1470. The first-order valence-corrected chi connectivity index (χ1v) is 15.1. The van der Waals surface area contributed by atoms with Gasteiger partial charge in [-0.25, -0.2) is 12.8 Å². The fraction of sp³-hybridized carbons (Fsp3) is 0.310. The second-order valence-electron chi connectivity index (χ2n) is 9.49. The molecule has 0 heterocycles. The van der Waals surface area contributed by atoms with E-state index in [1.807, 2.05) is 0 Å². The zero-order chi connectivity index (χ0) is 30.3. The number of hydrogen-bond donors (Lipinski definition) is 1. The molecule has 0 fully saturated rings. The smallest absolute Gasteiger partial charge is 0.264 e. The predicted octanol–water partition coefficient (Wildman–Crippen LogP) is 5.67. The first-order valence-electron chi connectivity index (χ1n) is 12.9. The lowest BCUT2D eigenvalue weighted by Crippen LogP contribution is -2.52.